The fourth-order valence-electron chi connectivity index (χ4n) is 8.08. The van der Waals surface area contributed by atoms with E-state index in [-0.39, 0.29) is 5.41 Å². The van der Waals surface area contributed by atoms with Gasteiger partial charge in [0.05, 0.1) is 13.2 Å². The predicted molar refractivity (Wildman–Crippen MR) is 213 cm³/mol. The summed E-state index contributed by atoms with van der Waals surface area (Å²) in [5.41, 5.74) is 8.51. The van der Waals surface area contributed by atoms with Crippen molar-refractivity contribution in [2.75, 3.05) is 13.2 Å². The molecular weight excluding hydrogens is 597 g/mol. The Morgan fingerprint density at radius 1 is 0.429 bits per heavy atom. The van der Waals surface area contributed by atoms with Crippen molar-refractivity contribution >= 4 is 0 Å². The fourth-order valence-corrected chi connectivity index (χ4v) is 8.08. The molecule has 1 aliphatic carbocycles. The molecule has 0 radical (unpaired) electrons. The molecule has 0 aliphatic heterocycles. The fraction of sp³-hybridized carbons (Fsp3) is 0.617. The van der Waals surface area contributed by atoms with Crippen LogP contribution in [0.3, 0.4) is 0 Å². The van der Waals surface area contributed by atoms with Crippen LogP contribution in [0.25, 0.3) is 22.3 Å². The van der Waals surface area contributed by atoms with E-state index in [2.05, 4.69) is 88.4 Å². The molecule has 4 rings (SSSR count). The molecule has 2 nitrogen and oxygen atoms in total. The van der Waals surface area contributed by atoms with Crippen molar-refractivity contribution in [3.05, 3.63) is 71.8 Å². The van der Waals surface area contributed by atoms with Crippen LogP contribution in [-0.4, -0.2) is 13.2 Å². The summed E-state index contributed by atoms with van der Waals surface area (Å²) in [6.45, 7) is 10.8. The number of benzene rings is 3. The Bertz CT molecular complexity index is 1330. The monoisotopic (exact) mass is 667 g/mol. The summed E-state index contributed by atoms with van der Waals surface area (Å²) in [6.07, 6.45) is 28.1. The predicted octanol–water partition coefficient (Wildman–Crippen LogP) is 15.0. The molecule has 0 unspecified atom stereocenters. The van der Waals surface area contributed by atoms with Gasteiger partial charge < -0.3 is 9.47 Å². The van der Waals surface area contributed by atoms with Crippen LogP contribution in [0.2, 0.25) is 0 Å². The summed E-state index contributed by atoms with van der Waals surface area (Å²) in [5, 5.41) is 0. The molecule has 3 aromatic carbocycles. The molecule has 1 aliphatic rings. The van der Waals surface area contributed by atoms with Gasteiger partial charge in [0.15, 0.2) is 0 Å². The van der Waals surface area contributed by atoms with Crippen LogP contribution in [0.1, 0.15) is 180 Å². The molecule has 3 aromatic rings. The van der Waals surface area contributed by atoms with E-state index < -0.39 is 0 Å². The minimum atomic E-state index is 0.0782. The van der Waals surface area contributed by atoms with Crippen molar-refractivity contribution in [1.82, 2.24) is 0 Å². The van der Waals surface area contributed by atoms with E-state index in [0.717, 1.165) is 37.6 Å². The van der Waals surface area contributed by atoms with Crippen LogP contribution in [0, 0.1) is 0 Å². The number of fused-ring (bicyclic) bond motifs is 3. The Hall–Kier alpha value is -2.74. The van der Waals surface area contributed by atoms with E-state index in [0.29, 0.717) is 0 Å². The largest absolute Gasteiger partial charge is 0.494 e. The van der Waals surface area contributed by atoms with Gasteiger partial charge in [0.2, 0.25) is 0 Å². The van der Waals surface area contributed by atoms with E-state index in [1.807, 2.05) is 0 Å². The first-order valence-electron chi connectivity index (χ1n) is 20.8. The van der Waals surface area contributed by atoms with Crippen molar-refractivity contribution in [3.8, 4) is 33.8 Å². The van der Waals surface area contributed by atoms with Crippen LogP contribution >= 0.6 is 0 Å². The van der Waals surface area contributed by atoms with Crippen LogP contribution in [0.5, 0.6) is 11.5 Å². The molecule has 270 valence electrons. The molecule has 0 saturated heterocycles. The summed E-state index contributed by atoms with van der Waals surface area (Å²) in [5.74, 6) is 1.96. The molecule has 0 amide bonds. The lowest BCUT2D eigenvalue weighted by Gasteiger charge is -2.33. The summed E-state index contributed by atoms with van der Waals surface area (Å²) in [6, 6.07) is 23.2. The maximum atomic E-state index is 6.59. The van der Waals surface area contributed by atoms with E-state index in [4.69, 9.17) is 9.47 Å². The van der Waals surface area contributed by atoms with Crippen molar-refractivity contribution in [3.63, 3.8) is 0 Å². The Balaban J connectivity index is 1.64. The lowest BCUT2D eigenvalue weighted by Crippen LogP contribution is -2.25. The average Bonchev–Trinajstić information content (AvgIpc) is 3.40. The zero-order chi connectivity index (χ0) is 34.6. The van der Waals surface area contributed by atoms with E-state index in [1.165, 1.54) is 151 Å². The highest BCUT2D eigenvalue weighted by atomic mass is 16.5. The first-order chi connectivity index (χ1) is 24.2. The summed E-state index contributed by atoms with van der Waals surface area (Å²) in [4.78, 5) is 0. The van der Waals surface area contributed by atoms with Gasteiger partial charge in [0.1, 0.15) is 11.5 Å². The van der Waals surface area contributed by atoms with Crippen molar-refractivity contribution in [2.45, 2.75) is 174 Å². The van der Waals surface area contributed by atoms with Crippen molar-refractivity contribution < 1.29 is 9.47 Å². The summed E-state index contributed by atoms with van der Waals surface area (Å²) < 4.78 is 13.0. The zero-order valence-electron chi connectivity index (χ0n) is 32.1. The highest BCUT2D eigenvalue weighted by Gasteiger charge is 2.42. The maximum absolute atomic E-state index is 6.59. The van der Waals surface area contributed by atoms with E-state index >= 15 is 0 Å². The van der Waals surface area contributed by atoms with Crippen LogP contribution in [0.4, 0.5) is 0 Å². The van der Waals surface area contributed by atoms with Crippen LogP contribution in [-0.2, 0) is 5.41 Å². The second kappa shape index (κ2) is 22.2. The van der Waals surface area contributed by atoms with Gasteiger partial charge in [0.25, 0.3) is 0 Å². The number of hydrogen-bond donors (Lipinski definition) is 0. The van der Waals surface area contributed by atoms with Gasteiger partial charge in [-0.1, -0.05) is 180 Å². The van der Waals surface area contributed by atoms with Gasteiger partial charge in [-0.25, -0.2) is 0 Å². The lowest BCUT2D eigenvalue weighted by molar-refractivity contribution is 0.297. The molecule has 0 saturated carbocycles. The van der Waals surface area contributed by atoms with Gasteiger partial charge in [0, 0.05) is 11.0 Å². The molecule has 0 fully saturated rings. The summed E-state index contributed by atoms with van der Waals surface area (Å²) in [7, 11) is 0. The van der Waals surface area contributed by atoms with Gasteiger partial charge in [-0.05, 0) is 77.8 Å². The second-order valence-electron chi connectivity index (χ2n) is 14.9. The second-order valence-corrected chi connectivity index (χ2v) is 14.9. The molecule has 2 heteroatoms. The zero-order valence-corrected chi connectivity index (χ0v) is 32.1. The van der Waals surface area contributed by atoms with Crippen molar-refractivity contribution in [1.29, 1.82) is 0 Å². The van der Waals surface area contributed by atoms with Gasteiger partial charge in [-0.2, -0.15) is 0 Å². The Morgan fingerprint density at radius 2 is 0.959 bits per heavy atom. The lowest BCUT2D eigenvalue weighted by atomic mass is 9.70. The standard InChI is InChI=1S/C47H70O2/c1-5-9-13-17-19-25-35-48-40-30-32-46(49-36-26-20-18-14-10-6-2)43(38-40)39-29-31-42-41-27-21-22-28-44(41)47(45(42)37-39,33-23-15-11-7-3)34-24-16-12-8-4/h21-22,27-32,37-38H,5-20,23-26,33-36H2,1-4H3. The Morgan fingerprint density at radius 3 is 1.59 bits per heavy atom. The van der Waals surface area contributed by atoms with E-state index in [1.54, 1.807) is 11.1 Å². The van der Waals surface area contributed by atoms with Crippen LogP contribution in [0.15, 0.2) is 60.7 Å². The third kappa shape index (κ3) is 11.4. The molecule has 0 N–H and O–H groups in total. The number of hydrogen-bond acceptors (Lipinski definition) is 2. The SMILES string of the molecule is CCCCCCCCOc1ccc(OCCCCCCCC)c(-c2ccc3c(c2)C(CCCCCC)(CCCCCC)c2ccccc2-3)c1. The molecule has 0 atom stereocenters. The van der Waals surface area contributed by atoms with Crippen LogP contribution < -0.4 is 9.47 Å². The number of ether oxygens (including phenoxy) is 2. The number of rotatable bonds is 27. The first kappa shape index (κ1) is 39.1. The third-order valence-corrected chi connectivity index (χ3v) is 11.0. The third-order valence-electron chi connectivity index (χ3n) is 11.0. The Kier molecular flexibility index (Phi) is 17.7. The molecule has 0 heterocycles. The van der Waals surface area contributed by atoms with Gasteiger partial charge in [-0.15, -0.1) is 0 Å². The average molecular weight is 667 g/mol. The van der Waals surface area contributed by atoms with Gasteiger partial charge in [-0.3, -0.25) is 0 Å². The number of unbranched alkanes of at least 4 members (excludes halogenated alkanes) is 16. The normalized spacial score (nSPS) is 13.0. The topological polar surface area (TPSA) is 18.5 Å². The molecule has 49 heavy (non-hydrogen) atoms. The molecule has 0 spiro atoms. The highest BCUT2D eigenvalue weighted by molar-refractivity contribution is 5.85. The molecular formula is C47H70O2. The smallest absolute Gasteiger partial charge is 0.127 e. The summed E-state index contributed by atoms with van der Waals surface area (Å²) >= 11 is 0. The highest BCUT2D eigenvalue weighted by Crippen LogP contribution is 2.55. The van der Waals surface area contributed by atoms with E-state index in [9.17, 15) is 0 Å². The molecule has 0 aromatic heterocycles. The first-order valence-corrected chi connectivity index (χ1v) is 20.8. The minimum Gasteiger partial charge on any atom is -0.494 e. The Labute approximate surface area is 301 Å². The molecule has 0 bridgehead atoms. The van der Waals surface area contributed by atoms with Gasteiger partial charge >= 0.3 is 0 Å². The quantitative estimate of drug-likeness (QED) is 0.0754. The van der Waals surface area contributed by atoms with Crippen molar-refractivity contribution in [2.24, 2.45) is 0 Å². The maximum Gasteiger partial charge on any atom is 0.127 e. The minimum absolute atomic E-state index is 0.0782.